The van der Waals surface area contributed by atoms with Crippen molar-refractivity contribution in [2.75, 3.05) is 0 Å². The number of aromatic amines is 1. The number of phosphoric ester groups is 1. The van der Waals surface area contributed by atoms with E-state index in [1.807, 2.05) is 0 Å². The molecule has 21 heteroatoms. The summed E-state index contributed by atoms with van der Waals surface area (Å²) in [4.78, 5) is 57.1. The molecule has 2 aromatic rings. The van der Waals surface area contributed by atoms with Crippen molar-refractivity contribution < 1.29 is 61.4 Å². The molecule has 0 aromatic carbocycles. The minimum absolute atomic E-state index is 0.0332. The van der Waals surface area contributed by atoms with Gasteiger partial charge in [-0.15, -0.1) is 0 Å². The zero-order chi connectivity index (χ0) is 23.2. The van der Waals surface area contributed by atoms with Crippen LogP contribution in [0.4, 0.5) is 0 Å². The molecule has 5 atom stereocenters. The summed E-state index contributed by atoms with van der Waals surface area (Å²) in [7, 11) is -16.8. The molecule has 7 N–H and O–H groups in total. The number of rotatable bonds is 7. The lowest BCUT2D eigenvalue weighted by Gasteiger charge is -2.16. The number of ether oxygens (including phenoxy) is 1. The molecule has 3 heterocycles. The third-order valence-corrected chi connectivity index (χ3v) is 7.22. The average molecular weight is 506 g/mol. The number of aliphatic hydroxyl groups excluding tert-OH is 2. The molecule has 2 aromatic heterocycles. The highest BCUT2D eigenvalue weighted by Crippen LogP contribution is 2.66. The molecule has 0 bridgehead atoms. The molecule has 172 valence electrons. The zero-order valence-electron chi connectivity index (χ0n) is 14.6. The van der Waals surface area contributed by atoms with Crippen LogP contribution in [-0.2, 0) is 31.6 Å². The number of hydrogen-bond acceptors (Lipinski definition) is 12. The molecule has 1 fully saturated rings. The van der Waals surface area contributed by atoms with Crippen molar-refractivity contribution in [3.05, 3.63) is 35.0 Å². The summed E-state index contributed by atoms with van der Waals surface area (Å²) in [6, 6.07) is 0. The molecule has 31 heavy (non-hydrogen) atoms. The average Bonchev–Trinajstić information content (AvgIpc) is 3.13. The number of aromatic nitrogens is 4. The van der Waals surface area contributed by atoms with Gasteiger partial charge < -0.3 is 39.1 Å². The van der Waals surface area contributed by atoms with E-state index in [4.69, 9.17) is 19.4 Å². The van der Waals surface area contributed by atoms with Crippen LogP contribution < -0.4 is 5.56 Å². The second-order valence-electron chi connectivity index (χ2n) is 5.72. The van der Waals surface area contributed by atoms with Crippen molar-refractivity contribution in [1.29, 1.82) is 0 Å². The summed E-state index contributed by atoms with van der Waals surface area (Å²) in [5.74, 6) is -0.661. The lowest BCUT2D eigenvalue weighted by atomic mass is 10.2. The quantitative estimate of drug-likeness (QED) is 0.167. The van der Waals surface area contributed by atoms with E-state index in [1.165, 1.54) is 0 Å². The normalized spacial score (nSPS) is 27.0. The monoisotopic (exact) mass is 506 g/mol. The first kappa shape index (κ1) is 23.7. The number of fused-ring (bicyclic) bond motifs is 1. The smallest absolute Gasteiger partial charge is 0.465 e. The van der Waals surface area contributed by atoms with Crippen molar-refractivity contribution >= 4 is 34.6 Å². The van der Waals surface area contributed by atoms with E-state index in [1.54, 1.807) is 0 Å². The van der Waals surface area contributed by atoms with Gasteiger partial charge in [0.25, 0.3) is 5.56 Å². The first-order valence-corrected chi connectivity index (χ1v) is 12.2. The first-order valence-electron chi connectivity index (χ1n) is 7.64. The van der Waals surface area contributed by atoms with Gasteiger partial charge in [-0.3, -0.25) is 14.3 Å². The maximum Gasteiger partial charge on any atom is 0.535 e. The lowest BCUT2D eigenvalue weighted by molar-refractivity contribution is -0.0121. The fourth-order valence-electron chi connectivity index (χ4n) is 2.39. The molecule has 0 amide bonds. The zero-order valence-corrected chi connectivity index (χ0v) is 17.3. The standard InChI is InChI=1S/C10H13N4O14P3/c15-6-4(1-25-30(21,22)28-31(23,24)27-29(18,19)20)26-10(7(6)16)14-3-13-5-8(14)11-2-12-9(5)17/h1-3,6-7,10,15-16H,(H,21,22)(H,23,24)(H,11,12,17)(H2,18,19,20)/b4-1+/t6-,7-,10-/m1/s1. The van der Waals surface area contributed by atoms with Gasteiger partial charge in [0.1, 0.15) is 24.8 Å². The van der Waals surface area contributed by atoms with Crippen LogP contribution in [0.1, 0.15) is 6.23 Å². The van der Waals surface area contributed by atoms with Crippen LogP contribution in [0.5, 0.6) is 0 Å². The lowest BCUT2D eigenvalue weighted by Crippen LogP contribution is -2.27. The van der Waals surface area contributed by atoms with Crippen LogP contribution in [0.15, 0.2) is 29.5 Å². The van der Waals surface area contributed by atoms with E-state index < -0.39 is 53.2 Å². The third-order valence-electron chi connectivity index (χ3n) is 3.52. The van der Waals surface area contributed by atoms with Gasteiger partial charge in [-0.25, -0.2) is 23.7 Å². The van der Waals surface area contributed by atoms with Gasteiger partial charge >= 0.3 is 23.5 Å². The van der Waals surface area contributed by atoms with Crippen LogP contribution in [0, 0.1) is 0 Å². The number of hydrogen-bond donors (Lipinski definition) is 7. The first-order chi connectivity index (χ1) is 14.2. The van der Waals surface area contributed by atoms with Crippen molar-refractivity contribution in [2.45, 2.75) is 18.4 Å². The van der Waals surface area contributed by atoms with E-state index in [-0.39, 0.29) is 17.4 Å². The highest BCUT2D eigenvalue weighted by molar-refractivity contribution is 7.66. The number of aliphatic hydroxyl groups is 2. The molecule has 2 unspecified atom stereocenters. The van der Waals surface area contributed by atoms with Gasteiger partial charge in [-0.05, 0) is 0 Å². The van der Waals surface area contributed by atoms with Crippen LogP contribution in [-0.4, -0.2) is 61.5 Å². The van der Waals surface area contributed by atoms with Crippen LogP contribution in [0.25, 0.3) is 11.2 Å². The van der Waals surface area contributed by atoms with E-state index in [9.17, 15) is 33.6 Å². The Kier molecular flexibility index (Phi) is 6.27. The predicted molar refractivity (Wildman–Crippen MR) is 93.3 cm³/mol. The van der Waals surface area contributed by atoms with Crippen molar-refractivity contribution in [3.63, 3.8) is 0 Å². The summed E-state index contributed by atoms with van der Waals surface area (Å²) in [5, 5.41) is 20.2. The van der Waals surface area contributed by atoms with Gasteiger partial charge in [0.2, 0.25) is 6.23 Å². The summed E-state index contributed by atoms with van der Waals surface area (Å²) < 4.78 is 51.2. The highest BCUT2D eigenvalue weighted by Gasteiger charge is 2.44. The topological polar surface area (TPSA) is 273 Å². The SMILES string of the molecule is O=c1[nH]cnc2c1ncn2[C@@H]1O/C(=C/OP(=O)(O)OP(=O)(O)OP(=O)(O)O)[C@@H](O)[C@H]1O. The van der Waals surface area contributed by atoms with Crippen LogP contribution in [0.2, 0.25) is 0 Å². The third kappa shape index (κ3) is 5.46. The fraction of sp³-hybridized carbons (Fsp3) is 0.300. The minimum atomic E-state index is -5.74. The fourth-order valence-corrected chi connectivity index (χ4v) is 5.29. The van der Waals surface area contributed by atoms with Crippen molar-refractivity contribution in [1.82, 2.24) is 19.5 Å². The molecule has 0 spiro atoms. The maximum absolute atomic E-state index is 11.7. The van der Waals surface area contributed by atoms with E-state index in [2.05, 4.69) is 28.1 Å². The Morgan fingerprint density at radius 2 is 1.77 bits per heavy atom. The maximum atomic E-state index is 11.7. The summed E-state index contributed by atoms with van der Waals surface area (Å²) in [6.45, 7) is 0. The molecule has 18 nitrogen and oxygen atoms in total. The second kappa shape index (κ2) is 8.20. The highest BCUT2D eigenvalue weighted by atomic mass is 31.3. The van der Waals surface area contributed by atoms with Gasteiger partial charge in [0.15, 0.2) is 16.9 Å². The van der Waals surface area contributed by atoms with Gasteiger partial charge in [0.05, 0.1) is 6.33 Å². The van der Waals surface area contributed by atoms with Crippen molar-refractivity contribution in [2.24, 2.45) is 0 Å². The molecular weight excluding hydrogens is 493 g/mol. The molecule has 0 aliphatic carbocycles. The largest absolute Gasteiger partial charge is 0.535 e. The molecule has 0 radical (unpaired) electrons. The van der Waals surface area contributed by atoms with E-state index in [0.717, 1.165) is 17.2 Å². The number of H-pyrrole nitrogens is 1. The molecule has 1 saturated heterocycles. The Morgan fingerprint density at radius 1 is 1.10 bits per heavy atom. The summed E-state index contributed by atoms with van der Waals surface area (Å²) >= 11 is 0. The summed E-state index contributed by atoms with van der Waals surface area (Å²) in [5.41, 5.74) is -0.743. The minimum Gasteiger partial charge on any atom is -0.465 e. The Hall–Kier alpha value is -1.94. The van der Waals surface area contributed by atoms with Crippen LogP contribution in [0.3, 0.4) is 0 Å². The molecule has 1 aliphatic heterocycles. The van der Waals surface area contributed by atoms with Crippen LogP contribution >= 0.6 is 23.5 Å². The Labute approximate surface area is 169 Å². The Morgan fingerprint density at radius 3 is 2.42 bits per heavy atom. The molecule has 1 aliphatic rings. The van der Waals surface area contributed by atoms with Gasteiger partial charge in [-0.2, -0.15) is 8.62 Å². The summed E-state index contributed by atoms with van der Waals surface area (Å²) in [6.07, 6.45) is -2.62. The number of nitrogens with one attached hydrogen (secondary N) is 1. The van der Waals surface area contributed by atoms with Gasteiger partial charge in [0, 0.05) is 0 Å². The molecular formula is C10H13N4O14P3. The number of phosphoric acid groups is 3. The van der Waals surface area contributed by atoms with Gasteiger partial charge in [-0.1, -0.05) is 0 Å². The molecule has 0 saturated carbocycles. The predicted octanol–water partition coefficient (Wildman–Crippen LogP) is -1.45. The van der Waals surface area contributed by atoms with E-state index >= 15 is 0 Å². The Balaban J connectivity index is 1.78. The number of imidazole rings is 1. The van der Waals surface area contributed by atoms with E-state index in [0.29, 0.717) is 0 Å². The van der Waals surface area contributed by atoms with Crippen molar-refractivity contribution in [3.8, 4) is 0 Å². The molecule has 3 rings (SSSR count). The number of nitrogens with zero attached hydrogens (tertiary/aromatic N) is 3. The second-order valence-corrected chi connectivity index (χ2v) is 10.1. The Bertz CT molecular complexity index is 1220.